The highest BCUT2D eigenvalue weighted by Gasteiger charge is 2.39. The second kappa shape index (κ2) is 7.77. The van der Waals surface area contributed by atoms with Gasteiger partial charge in [-0.25, -0.2) is 4.79 Å². The van der Waals surface area contributed by atoms with E-state index in [-0.39, 0.29) is 10.7 Å². The standard InChI is InChI=1S/C18H14BrNO4S2/c1-2-13(17(22)23)20-16(21)15(26-18(20)25)9-12-7-8-14(24-12)10-3-5-11(19)6-4-10/h3-9,13H,2H2,1H3,(H,22,23)/b15-9-. The minimum atomic E-state index is -1.07. The van der Waals surface area contributed by atoms with Crippen molar-refractivity contribution >= 4 is 62.2 Å². The summed E-state index contributed by atoms with van der Waals surface area (Å²) in [5.74, 6) is -0.292. The summed E-state index contributed by atoms with van der Waals surface area (Å²) in [6.07, 6.45) is 1.87. The molecule has 1 unspecified atom stereocenters. The van der Waals surface area contributed by atoms with Crippen molar-refractivity contribution in [2.75, 3.05) is 0 Å². The maximum Gasteiger partial charge on any atom is 0.326 e. The molecule has 1 N–H and O–H groups in total. The van der Waals surface area contributed by atoms with Gasteiger partial charge < -0.3 is 9.52 Å². The van der Waals surface area contributed by atoms with E-state index in [4.69, 9.17) is 16.6 Å². The first-order valence-corrected chi connectivity index (χ1v) is 9.78. The Morgan fingerprint density at radius 2 is 2.04 bits per heavy atom. The van der Waals surface area contributed by atoms with Crippen molar-refractivity contribution in [2.45, 2.75) is 19.4 Å². The predicted molar refractivity (Wildman–Crippen MR) is 109 cm³/mol. The molecule has 3 rings (SSSR count). The largest absolute Gasteiger partial charge is 0.480 e. The first-order chi connectivity index (χ1) is 12.4. The molecule has 5 nitrogen and oxygen atoms in total. The van der Waals surface area contributed by atoms with Gasteiger partial charge in [0.05, 0.1) is 4.91 Å². The second-order valence-electron chi connectivity index (χ2n) is 5.52. The highest BCUT2D eigenvalue weighted by molar-refractivity contribution is 9.10. The van der Waals surface area contributed by atoms with E-state index < -0.39 is 17.9 Å². The van der Waals surface area contributed by atoms with E-state index >= 15 is 0 Å². The molecule has 0 aliphatic carbocycles. The van der Waals surface area contributed by atoms with Crippen LogP contribution in [-0.4, -0.2) is 32.2 Å². The van der Waals surface area contributed by atoms with Gasteiger partial charge in [-0.1, -0.05) is 59.0 Å². The van der Waals surface area contributed by atoms with E-state index in [0.29, 0.717) is 16.4 Å². The van der Waals surface area contributed by atoms with Crippen LogP contribution < -0.4 is 0 Å². The lowest BCUT2D eigenvalue weighted by Gasteiger charge is -2.21. The number of benzene rings is 1. The van der Waals surface area contributed by atoms with E-state index in [0.717, 1.165) is 26.7 Å². The molecule has 2 aromatic rings. The van der Waals surface area contributed by atoms with Crippen molar-refractivity contribution in [3.8, 4) is 11.3 Å². The van der Waals surface area contributed by atoms with Gasteiger partial charge in [0.1, 0.15) is 21.9 Å². The molecule has 1 aliphatic rings. The van der Waals surface area contributed by atoms with Crippen LogP contribution >= 0.6 is 39.9 Å². The van der Waals surface area contributed by atoms with Crippen LogP contribution in [-0.2, 0) is 9.59 Å². The number of carbonyl (C=O) groups is 2. The first kappa shape index (κ1) is 18.9. The Morgan fingerprint density at radius 1 is 1.35 bits per heavy atom. The molecule has 2 heterocycles. The minimum absolute atomic E-state index is 0.246. The Bertz CT molecular complexity index is 904. The van der Waals surface area contributed by atoms with Gasteiger partial charge >= 0.3 is 5.97 Å². The van der Waals surface area contributed by atoms with Gasteiger partial charge in [-0.2, -0.15) is 0 Å². The Balaban J connectivity index is 1.85. The lowest BCUT2D eigenvalue weighted by Crippen LogP contribution is -2.43. The summed E-state index contributed by atoms with van der Waals surface area (Å²) in [6.45, 7) is 1.71. The average molecular weight is 452 g/mol. The maximum atomic E-state index is 12.6. The lowest BCUT2D eigenvalue weighted by molar-refractivity contribution is -0.145. The Labute approximate surface area is 168 Å². The normalized spacial score (nSPS) is 17.2. The number of carboxylic acid groups (broad SMARTS) is 1. The molecule has 1 saturated heterocycles. The minimum Gasteiger partial charge on any atom is -0.480 e. The number of amides is 1. The third-order valence-electron chi connectivity index (χ3n) is 3.84. The van der Waals surface area contributed by atoms with Crippen molar-refractivity contribution in [1.82, 2.24) is 4.90 Å². The van der Waals surface area contributed by atoms with Gasteiger partial charge in [-0.05, 0) is 30.7 Å². The molecule has 8 heteroatoms. The van der Waals surface area contributed by atoms with Crippen molar-refractivity contribution in [3.63, 3.8) is 0 Å². The quantitative estimate of drug-likeness (QED) is 0.521. The summed E-state index contributed by atoms with van der Waals surface area (Å²) < 4.78 is 7.01. The summed E-state index contributed by atoms with van der Waals surface area (Å²) in [5, 5.41) is 9.29. The molecule has 0 radical (unpaired) electrons. The molecule has 134 valence electrons. The smallest absolute Gasteiger partial charge is 0.326 e. The van der Waals surface area contributed by atoms with Crippen LogP contribution in [0.3, 0.4) is 0 Å². The van der Waals surface area contributed by atoms with Crippen molar-refractivity contribution in [3.05, 3.63) is 51.5 Å². The predicted octanol–water partition coefficient (Wildman–Crippen LogP) is 4.77. The number of carboxylic acids is 1. The van der Waals surface area contributed by atoms with Crippen LogP contribution in [0.2, 0.25) is 0 Å². The fourth-order valence-electron chi connectivity index (χ4n) is 2.55. The summed E-state index contributed by atoms with van der Waals surface area (Å²) in [7, 11) is 0. The Kier molecular flexibility index (Phi) is 5.64. The summed E-state index contributed by atoms with van der Waals surface area (Å²) in [4.78, 5) is 25.4. The van der Waals surface area contributed by atoms with E-state index in [1.807, 2.05) is 30.3 Å². The number of aliphatic carboxylic acids is 1. The van der Waals surface area contributed by atoms with Gasteiger partial charge in [-0.3, -0.25) is 9.69 Å². The number of carbonyl (C=O) groups excluding carboxylic acids is 1. The Morgan fingerprint density at radius 3 is 2.65 bits per heavy atom. The van der Waals surface area contributed by atoms with E-state index in [2.05, 4.69) is 15.9 Å². The molecule has 1 fully saturated rings. The lowest BCUT2D eigenvalue weighted by atomic mass is 10.2. The topological polar surface area (TPSA) is 70.8 Å². The summed E-state index contributed by atoms with van der Waals surface area (Å²) in [5.41, 5.74) is 0.914. The third-order valence-corrected chi connectivity index (χ3v) is 5.69. The number of furan rings is 1. The molecule has 26 heavy (non-hydrogen) atoms. The van der Waals surface area contributed by atoms with Gasteiger partial charge in [0.15, 0.2) is 0 Å². The zero-order valence-corrected chi connectivity index (χ0v) is 16.9. The zero-order chi connectivity index (χ0) is 18.8. The van der Waals surface area contributed by atoms with Crippen LogP contribution in [0.4, 0.5) is 0 Å². The summed E-state index contributed by atoms with van der Waals surface area (Å²) in [6, 6.07) is 10.3. The molecule has 1 amide bonds. The molecular formula is C18H14BrNO4S2. The van der Waals surface area contributed by atoms with Crippen LogP contribution in [0.15, 0.2) is 50.2 Å². The van der Waals surface area contributed by atoms with Crippen molar-refractivity contribution in [2.24, 2.45) is 0 Å². The molecule has 1 aromatic heterocycles. The number of thioether (sulfide) groups is 1. The van der Waals surface area contributed by atoms with Gasteiger partial charge in [0, 0.05) is 16.1 Å². The van der Waals surface area contributed by atoms with Crippen LogP contribution in [0.25, 0.3) is 17.4 Å². The van der Waals surface area contributed by atoms with Gasteiger partial charge in [0.25, 0.3) is 5.91 Å². The highest BCUT2D eigenvalue weighted by Crippen LogP contribution is 2.35. The number of hydrogen-bond acceptors (Lipinski definition) is 5. The summed E-state index contributed by atoms with van der Waals surface area (Å²) >= 11 is 9.67. The number of halogens is 1. The maximum absolute atomic E-state index is 12.6. The number of hydrogen-bond donors (Lipinski definition) is 1. The molecule has 0 saturated carbocycles. The monoisotopic (exact) mass is 451 g/mol. The van der Waals surface area contributed by atoms with Crippen LogP contribution in [0, 0.1) is 0 Å². The second-order valence-corrected chi connectivity index (χ2v) is 8.11. The van der Waals surface area contributed by atoms with E-state index in [9.17, 15) is 14.7 Å². The average Bonchev–Trinajstić information content (AvgIpc) is 3.16. The van der Waals surface area contributed by atoms with E-state index in [1.54, 1.807) is 19.1 Å². The molecular weight excluding hydrogens is 438 g/mol. The molecule has 1 atom stereocenters. The zero-order valence-electron chi connectivity index (χ0n) is 13.6. The molecule has 1 aromatic carbocycles. The van der Waals surface area contributed by atoms with Crippen molar-refractivity contribution < 1.29 is 19.1 Å². The number of thiocarbonyl (C=S) groups is 1. The fourth-order valence-corrected chi connectivity index (χ4v) is 4.15. The Hall–Kier alpha value is -1.90. The van der Waals surface area contributed by atoms with Crippen molar-refractivity contribution in [1.29, 1.82) is 0 Å². The van der Waals surface area contributed by atoms with Crippen LogP contribution in [0.5, 0.6) is 0 Å². The van der Waals surface area contributed by atoms with Gasteiger partial charge in [-0.15, -0.1) is 0 Å². The number of rotatable bonds is 5. The highest BCUT2D eigenvalue weighted by atomic mass is 79.9. The number of nitrogens with zero attached hydrogens (tertiary/aromatic N) is 1. The van der Waals surface area contributed by atoms with Gasteiger partial charge in [0.2, 0.25) is 0 Å². The SMILES string of the molecule is CCC(C(=O)O)N1C(=O)/C(=C/c2ccc(-c3ccc(Br)cc3)o2)SC1=S. The van der Waals surface area contributed by atoms with Crippen LogP contribution in [0.1, 0.15) is 19.1 Å². The first-order valence-electron chi connectivity index (χ1n) is 7.76. The molecule has 0 bridgehead atoms. The van der Waals surface area contributed by atoms with E-state index in [1.165, 1.54) is 0 Å². The molecule has 0 spiro atoms. The third kappa shape index (κ3) is 3.77. The fraction of sp³-hybridized carbons (Fsp3) is 0.167. The molecule has 1 aliphatic heterocycles.